The molecule has 0 aliphatic carbocycles. The molecule has 0 N–H and O–H groups in total. The van der Waals surface area contributed by atoms with Gasteiger partial charge in [-0.25, -0.2) is 14.2 Å². The summed E-state index contributed by atoms with van der Waals surface area (Å²) in [6.45, 7) is 14.9. The van der Waals surface area contributed by atoms with E-state index < -0.39 is 23.4 Å². The summed E-state index contributed by atoms with van der Waals surface area (Å²) < 4.78 is 21.5. The van der Waals surface area contributed by atoms with Gasteiger partial charge in [0.05, 0.1) is 28.0 Å². The van der Waals surface area contributed by atoms with Crippen LogP contribution < -0.4 is 4.74 Å². The molecule has 9 nitrogen and oxygen atoms in total. The fourth-order valence-electron chi connectivity index (χ4n) is 5.87. The molecule has 1 saturated heterocycles. The zero-order valence-corrected chi connectivity index (χ0v) is 29.0. The Kier molecular flexibility index (Phi) is 9.18. The maximum atomic E-state index is 13.9. The zero-order chi connectivity index (χ0) is 33.3. The first-order chi connectivity index (χ1) is 22.4. The molecule has 0 unspecified atom stereocenters. The van der Waals surface area contributed by atoms with E-state index in [1.807, 2.05) is 102 Å². The fraction of sp³-hybridized carbons (Fsp3) is 0.432. The van der Waals surface area contributed by atoms with Gasteiger partial charge in [0, 0.05) is 22.9 Å². The topological polar surface area (TPSA) is 87.8 Å². The Morgan fingerprint density at radius 1 is 0.830 bits per heavy atom. The van der Waals surface area contributed by atoms with Crippen molar-refractivity contribution in [3.63, 3.8) is 0 Å². The highest BCUT2D eigenvalue weighted by molar-refractivity contribution is 7.22. The molecule has 10 heteroatoms. The quantitative estimate of drug-likeness (QED) is 0.161. The van der Waals surface area contributed by atoms with Crippen LogP contribution in [0.15, 0.2) is 60.7 Å². The van der Waals surface area contributed by atoms with Crippen LogP contribution in [0.5, 0.6) is 5.75 Å². The zero-order valence-electron chi connectivity index (χ0n) is 28.2. The van der Waals surface area contributed by atoms with E-state index in [9.17, 15) is 9.59 Å². The standard InChI is InChI=1S/C37H44N4O5S/c1-36(2,3)45-34(42)40-28-23-27(44-21-13-20-39-18-11-8-12-19-39)17-16-26(28)22-29(40)32-33-30(41(38-32)35(43)46-37(4,5)6)24-31(47-33)25-14-9-7-10-15-25/h7,9-10,14-17,22-24H,8,11-13,18-21H2,1-6H3. The van der Waals surface area contributed by atoms with Gasteiger partial charge in [-0.15, -0.1) is 11.3 Å². The molecule has 0 bridgehead atoms. The number of carbonyl (C=O) groups excluding carboxylic acids is 2. The fourth-order valence-corrected chi connectivity index (χ4v) is 7.01. The highest BCUT2D eigenvalue weighted by Gasteiger charge is 2.29. The molecule has 1 fully saturated rings. The van der Waals surface area contributed by atoms with Gasteiger partial charge in [0.2, 0.25) is 0 Å². The monoisotopic (exact) mass is 656 g/mol. The molecule has 3 aromatic heterocycles. The van der Waals surface area contributed by atoms with Crippen molar-refractivity contribution in [1.82, 2.24) is 19.2 Å². The number of carbonyl (C=O) groups is 2. The second-order valence-electron chi connectivity index (χ2n) is 14.1. The number of rotatable bonds is 7. The SMILES string of the molecule is CC(C)(C)OC(=O)n1nc(-c2cc3ccc(OCCCN4CCCCC4)cc3n2C(=O)OC(C)(C)C)c2sc(-c3ccccc3)cc21. The van der Waals surface area contributed by atoms with Crippen molar-refractivity contribution < 1.29 is 23.8 Å². The molecule has 4 heterocycles. The van der Waals surface area contributed by atoms with Crippen molar-refractivity contribution >= 4 is 44.6 Å². The molecule has 0 saturated carbocycles. The van der Waals surface area contributed by atoms with Crippen molar-refractivity contribution in [1.29, 1.82) is 0 Å². The minimum atomic E-state index is -0.734. The van der Waals surface area contributed by atoms with Gasteiger partial charge in [-0.05, 0) is 104 Å². The molecule has 0 radical (unpaired) electrons. The highest BCUT2D eigenvalue weighted by atomic mass is 32.1. The first kappa shape index (κ1) is 32.8. The molecule has 47 heavy (non-hydrogen) atoms. The van der Waals surface area contributed by atoms with Crippen molar-refractivity contribution in [2.75, 3.05) is 26.2 Å². The summed E-state index contributed by atoms with van der Waals surface area (Å²) in [5, 5.41) is 5.61. The summed E-state index contributed by atoms with van der Waals surface area (Å²) in [7, 11) is 0. The van der Waals surface area contributed by atoms with Crippen LogP contribution in [0.1, 0.15) is 67.2 Å². The number of ether oxygens (including phenoxy) is 3. The average Bonchev–Trinajstić information content (AvgIpc) is 3.70. The van der Waals surface area contributed by atoms with E-state index in [0.29, 0.717) is 34.8 Å². The van der Waals surface area contributed by atoms with Gasteiger partial charge in [0.15, 0.2) is 0 Å². The van der Waals surface area contributed by atoms with Gasteiger partial charge in [-0.2, -0.15) is 9.78 Å². The molecule has 0 spiro atoms. The normalized spacial score (nSPS) is 14.5. The third-order valence-electron chi connectivity index (χ3n) is 7.91. The van der Waals surface area contributed by atoms with E-state index in [2.05, 4.69) is 4.90 Å². The Morgan fingerprint density at radius 3 is 2.23 bits per heavy atom. The Hall–Kier alpha value is -4.15. The summed E-state index contributed by atoms with van der Waals surface area (Å²) in [4.78, 5) is 30.9. The van der Waals surface area contributed by atoms with Gasteiger partial charge < -0.3 is 19.1 Å². The second-order valence-corrected chi connectivity index (χ2v) is 15.2. The van der Waals surface area contributed by atoms with E-state index in [1.165, 1.54) is 35.3 Å². The molecule has 0 amide bonds. The predicted molar refractivity (Wildman–Crippen MR) is 188 cm³/mol. The summed E-state index contributed by atoms with van der Waals surface area (Å²) >= 11 is 1.51. The van der Waals surface area contributed by atoms with Crippen LogP contribution in [0.2, 0.25) is 0 Å². The molecule has 1 aliphatic heterocycles. The molecule has 1 aliphatic rings. The number of nitrogens with zero attached hydrogens (tertiary/aromatic N) is 4. The summed E-state index contributed by atoms with van der Waals surface area (Å²) in [6.07, 6.45) is 3.65. The number of likely N-dealkylation sites (tertiary alicyclic amines) is 1. The third kappa shape index (κ3) is 7.55. The van der Waals surface area contributed by atoms with Crippen molar-refractivity contribution in [2.24, 2.45) is 0 Å². The minimum absolute atomic E-state index is 0.490. The lowest BCUT2D eigenvalue weighted by Gasteiger charge is -2.26. The molecule has 248 valence electrons. The smallest absolute Gasteiger partial charge is 0.435 e. The van der Waals surface area contributed by atoms with Gasteiger partial charge in [0.1, 0.15) is 22.6 Å². The Balaban J connectivity index is 1.43. The van der Waals surface area contributed by atoms with Gasteiger partial charge in [0.25, 0.3) is 0 Å². The largest absolute Gasteiger partial charge is 0.493 e. The van der Waals surface area contributed by atoms with Crippen LogP contribution in [0, 0.1) is 0 Å². The van der Waals surface area contributed by atoms with E-state index in [4.69, 9.17) is 19.3 Å². The first-order valence-electron chi connectivity index (χ1n) is 16.4. The van der Waals surface area contributed by atoms with Crippen LogP contribution >= 0.6 is 11.3 Å². The number of benzene rings is 2. The van der Waals surface area contributed by atoms with Gasteiger partial charge in [-0.1, -0.05) is 36.8 Å². The molecular weight excluding hydrogens is 612 g/mol. The summed E-state index contributed by atoms with van der Waals surface area (Å²) in [5.41, 5.74) is 1.82. The lowest BCUT2D eigenvalue weighted by molar-refractivity contribution is 0.0520. The molecule has 0 atom stereocenters. The second kappa shape index (κ2) is 13.2. The molecule has 6 rings (SSSR count). The van der Waals surface area contributed by atoms with E-state index in [-0.39, 0.29) is 0 Å². The first-order valence-corrected chi connectivity index (χ1v) is 17.2. The molecular formula is C37H44N4O5S. The van der Waals surface area contributed by atoms with Crippen LogP contribution in [-0.2, 0) is 9.47 Å². The van der Waals surface area contributed by atoms with Crippen LogP contribution in [0.25, 0.3) is 42.9 Å². The van der Waals surface area contributed by atoms with Crippen LogP contribution in [0.4, 0.5) is 9.59 Å². The molecule has 2 aromatic carbocycles. The van der Waals surface area contributed by atoms with Crippen molar-refractivity contribution in [3.05, 3.63) is 60.7 Å². The van der Waals surface area contributed by atoms with Gasteiger partial charge in [-0.3, -0.25) is 0 Å². The Bertz CT molecular complexity index is 1880. The Morgan fingerprint density at radius 2 is 1.53 bits per heavy atom. The molecule has 5 aromatic rings. The average molecular weight is 657 g/mol. The number of piperidine rings is 1. The Labute approximate surface area is 280 Å². The number of fused-ring (bicyclic) bond motifs is 2. The number of hydrogen-bond acceptors (Lipinski definition) is 8. The van der Waals surface area contributed by atoms with Crippen LogP contribution in [0.3, 0.4) is 0 Å². The summed E-state index contributed by atoms with van der Waals surface area (Å²) in [5.74, 6) is 0.678. The van der Waals surface area contributed by atoms with Crippen molar-refractivity contribution in [2.45, 2.75) is 78.4 Å². The number of aromatic nitrogens is 3. The van der Waals surface area contributed by atoms with Crippen molar-refractivity contribution in [3.8, 4) is 27.6 Å². The minimum Gasteiger partial charge on any atom is -0.493 e. The maximum absolute atomic E-state index is 13.9. The van der Waals surface area contributed by atoms with Gasteiger partial charge >= 0.3 is 12.2 Å². The lowest BCUT2D eigenvalue weighted by atomic mass is 10.1. The lowest BCUT2D eigenvalue weighted by Crippen LogP contribution is -2.31. The summed E-state index contributed by atoms with van der Waals surface area (Å²) in [6, 6.07) is 19.6. The number of hydrogen-bond donors (Lipinski definition) is 0. The third-order valence-corrected chi connectivity index (χ3v) is 9.09. The highest BCUT2D eigenvalue weighted by Crippen LogP contribution is 2.41. The van der Waals surface area contributed by atoms with E-state index in [1.54, 1.807) is 4.57 Å². The van der Waals surface area contributed by atoms with E-state index >= 15 is 0 Å². The maximum Gasteiger partial charge on any atom is 0.435 e. The van der Waals surface area contributed by atoms with E-state index in [0.717, 1.165) is 46.6 Å². The number of thiophene rings is 1. The van der Waals surface area contributed by atoms with Crippen LogP contribution in [-0.4, -0.2) is 68.9 Å². The predicted octanol–water partition coefficient (Wildman–Crippen LogP) is 9.21.